The van der Waals surface area contributed by atoms with Gasteiger partial charge in [0.15, 0.2) is 11.6 Å². The number of benzene rings is 2. The summed E-state index contributed by atoms with van der Waals surface area (Å²) < 4.78 is 60.4. The van der Waals surface area contributed by atoms with Crippen LogP contribution in [0.4, 0.5) is 22.4 Å². The van der Waals surface area contributed by atoms with Gasteiger partial charge in [0.25, 0.3) is 0 Å². The van der Waals surface area contributed by atoms with Crippen LogP contribution in [0.15, 0.2) is 35.4 Å². The number of halogens is 4. The van der Waals surface area contributed by atoms with Crippen molar-refractivity contribution in [2.75, 3.05) is 13.1 Å². The largest absolute Gasteiger partial charge is 0.484 e. The molecule has 0 bridgehead atoms. The van der Waals surface area contributed by atoms with Crippen LogP contribution < -0.4 is 4.74 Å². The highest BCUT2D eigenvalue weighted by Gasteiger charge is 2.39. The van der Waals surface area contributed by atoms with Gasteiger partial charge in [-0.15, -0.1) is 0 Å². The number of hydrogen-bond donors (Lipinski definition) is 1. The maximum Gasteiger partial charge on any atom is 0.341 e. The number of hydrogen-bond acceptors (Lipinski definition) is 4. The summed E-state index contributed by atoms with van der Waals surface area (Å²) in [4.78, 5) is 14.2. The number of rotatable bonds is 3. The number of carbonyl (C=O) groups is 1. The van der Waals surface area contributed by atoms with Gasteiger partial charge < -0.3 is 9.64 Å². The first-order valence-corrected chi connectivity index (χ1v) is 9.45. The Kier molecular flexibility index (Phi) is 4.53. The molecule has 1 fully saturated rings. The fourth-order valence-corrected chi connectivity index (χ4v) is 3.71. The first-order chi connectivity index (χ1) is 14.9. The number of nitrogens with one attached hydrogen (secondary N) is 1. The number of aromatic amines is 1. The summed E-state index contributed by atoms with van der Waals surface area (Å²) >= 11 is 0. The predicted octanol–water partition coefficient (Wildman–Crippen LogP) is 3.74. The van der Waals surface area contributed by atoms with Crippen LogP contribution in [0.1, 0.15) is 18.0 Å². The summed E-state index contributed by atoms with van der Waals surface area (Å²) in [5, 5.41) is 11.1. The monoisotopic (exact) mass is 433 g/mol. The van der Waals surface area contributed by atoms with E-state index in [4.69, 9.17) is 4.74 Å². The Balaban J connectivity index is 1.24. The van der Waals surface area contributed by atoms with E-state index in [-0.39, 0.29) is 29.7 Å². The highest BCUT2D eigenvalue weighted by molar-refractivity contribution is 5.80. The summed E-state index contributed by atoms with van der Waals surface area (Å²) in [6, 6.07) is 4.31. The first-order valence-electron chi connectivity index (χ1n) is 9.45. The molecule has 1 N–H and O–H groups in total. The van der Waals surface area contributed by atoms with Gasteiger partial charge >= 0.3 is 6.03 Å². The Morgan fingerprint density at radius 2 is 1.81 bits per heavy atom. The van der Waals surface area contributed by atoms with Crippen molar-refractivity contribution in [2.45, 2.75) is 18.6 Å². The third-order valence-corrected chi connectivity index (χ3v) is 5.27. The second-order valence-electron chi connectivity index (χ2n) is 7.36. The van der Waals surface area contributed by atoms with Crippen molar-refractivity contribution < 1.29 is 27.1 Å². The Labute approximate surface area is 172 Å². The highest BCUT2D eigenvalue weighted by atomic mass is 19.1. The second-order valence-corrected chi connectivity index (χ2v) is 7.36. The third-order valence-electron chi connectivity index (χ3n) is 5.27. The molecule has 2 aromatic carbocycles. The Morgan fingerprint density at radius 3 is 2.55 bits per heavy atom. The molecule has 2 aliphatic heterocycles. The van der Waals surface area contributed by atoms with E-state index in [1.54, 1.807) is 0 Å². The molecule has 1 atom stereocenters. The van der Waals surface area contributed by atoms with Crippen molar-refractivity contribution >= 4 is 23.1 Å². The zero-order valence-electron chi connectivity index (χ0n) is 15.9. The summed E-state index contributed by atoms with van der Waals surface area (Å²) in [6.45, 7) is 0.336. The number of fused-ring (bicyclic) bond motifs is 1. The number of likely N-dealkylation sites (tertiary alicyclic amines) is 1. The van der Waals surface area contributed by atoms with Crippen LogP contribution in [0, 0.1) is 23.4 Å². The lowest BCUT2D eigenvalue weighted by molar-refractivity contribution is 0.0258. The van der Waals surface area contributed by atoms with Gasteiger partial charge in [-0.1, -0.05) is 0 Å². The van der Waals surface area contributed by atoms with E-state index in [1.807, 2.05) is 0 Å². The lowest BCUT2D eigenvalue weighted by Gasteiger charge is -2.41. The molecule has 5 rings (SSSR count). The van der Waals surface area contributed by atoms with Gasteiger partial charge in [-0.3, -0.25) is 5.10 Å². The molecule has 1 saturated heterocycles. The number of urea groups is 1. The van der Waals surface area contributed by atoms with Crippen LogP contribution >= 0.6 is 0 Å². The summed E-state index contributed by atoms with van der Waals surface area (Å²) in [5.74, 6) is -3.04. The minimum absolute atomic E-state index is 0.0157. The number of amides is 2. The van der Waals surface area contributed by atoms with Gasteiger partial charge in [0.1, 0.15) is 17.7 Å². The van der Waals surface area contributed by atoms with E-state index in [0.29, 0.717) is 12.0 Å². The quantitative estimate of drug-likeness (QED) is 0.640. The average Bonchev–Trinajstić information content (AvgIpc) is 3.31. The van der Waals surface area contributed by atoms with Gasteiger partial charge in [-0.05, 0) is 23.8 Å². The van der Waals surface area contributed by atoms with Gasteiger partial charge in [-0.2, -0.15) is 14.6 Å². The van der Waals surface area contributed by atoms with E-state index in [2.05, 4.69) is 15.3 Å². The molecule has 7 nitrogen and oxygen atoms in total. The lowest BCUT2D eigenvalue weighted by Crippen LogP contribution is -2.58. The molecule has 2 amide bonds. The molecule has 1 aromatic heterocycles. The topological polar surface area (TPSA) is 73.8 Å². The molecule has 11 heteroatoms. The predicted molar refractivity (Wildman–Crippen MR) is 101 cm³/mol. The highest BCUT2D eigenvalue weighted by Crippen LogP contribution is 2.32. The fourth-order valence-electron chi connectivity index (χ4n) is 3.71. The van der Waals surface area contributed by atoms with Gasteiger partial charge in [-0.25, -0.2) is 23.0 Å². The van der Waals surface area contributed by atoms with Gasteiger partial charge in [0, 0.05) is 24.8 Å². The Hall–Kier alpha value is -3.63. The van der Waals surface area contributed by atoms with Crippen LogP contribution in [0.5, 0.6) is 5.75 Å². The molecule has 3 aromatic rings. The van der Waals surface area contributed by atoms with Crippen molar-refractivity contribution in [3.63, 3.8) is 0 Å². The number of H-pyrrole nitrogens is 1. The fraction of sp³-hybridized carbons (Fsp3) is 0.250. The second kappa shape index (κ2) is 7.25. The van der Waals surface area contributed by atoms with Crippen LogP contribution in [0.2, 0.25) is 0 Å². The molecule has 0 saturated carbocycles. The Bertz CT molecular complexity index is 1190. The van der Waals surface area contributed by atoms with E-state index < -0.39 is 41.6 Å². The molecule has 2 aliphatic rings. The maximum absolute atomic E-state index is 14.2. The molecule has 160 valence electrons. The molecule has 0 unspecified atom stereocenters. The number of hydrazone groups is 1. The van der Waals surface area contributed by atoms with Crippen molar-refractivity contribution in [3.8, 4) is 5.75 Å². The average molecular weight is 433 g/mol. The molecule has 3 heterocycles. The number of aromatic nitrogens is 2. The molecule has 0 spiro atoms. The standard InChI is InChI=1S/C20H15F4N5O2/c21-11-3-10(4-12(22)5-11)17-1-2-25-29(17)20(30)28-8-13(9-28)31-18-7-16-14(6-15(18)23)19(24)27-26-16/h2-7,13,17H,1,8-9H2,(H,26,27)/t17-/m0/s1. The van der Waals surface area contributed by atoms with Crippen molar-refractivity contribution in [3.05, 3.63) is 59.3 Å². The summed E-state index contributed by atoms with van der Waals surface area (Å²) in [5.41, 5.74) is 0.524. The number of carbonyl (C=O) groups excluding carboxylic acids is 1. The van der Waals surface area contributed by atoms with Gasteiger partial charge in [0.2, 0.25) is 5.95 Å². The van der Waals surface area contributed by atoms with E-state index >= 15 is 0 Å². The van der Waals surface area contributed by atoms with E-state index in [9.17, 15) is 22.4 Å². The van der Waals surface area contributed by atoms with E-state index in [1.165, 1.54) is 34.3 Å². The summed E-state index contributed by atoms with van der Waals surface area (Å²) in [6.07, 6.45) is 1.36. The van der Waals surface area contributed by atoms with Crippen LogP contribution in [-0.2, 0) is 0 Å². The number of ether oxygens (including phenoxy) is 1. The maximum atomic E-state index is 14.2. The van der Waals surface area contributed by atoms with Crippen LogP contribution in [0.25, 0.3) is 10.9 Å². The molecular formula is C20H15F4N5O2. The van der Waals surface area contributed by atoms with Crippen LogP contribution in [0.3, 0.4) is 0 Å². The van der Waals surface area contributed by atoms with E-state index in [0.717, 1.165) is 12.1 Å². The molecule has 0 aliphatic carbocycles. The number of nitrogens with zero attached hydrogens (tertiary/aromatic N) is 4. The van der Waals surface area contributed by atoms with Crippen molar-refractivity contribution in [1.82, 2.24) is 20.1 Å². The Morgan fingerprint density at radius 1 is 1.06 bits per heavy atom. The van der Waals surface area contributed by atoms with Crippen LogP contribution in [-0.4, -0.2) is 51.5 Å². The zero-order chi connectivity index (χ0) is 21.7. The first kappa shape index (κ1) is 19.3. The van der Waals surface area contributed by atoms with Crippen molar-refractivity contribution in [2.24, 2.45) is 5.10 Å². The lowest BCUT2D eigenvalue weighted by atomic mass is 10.0. The molecular weight excluding hydrogens is 418 g/mol. The molecule has 31 heavy (non-hydrogen) atoms. The SMILES string of the molecule is O=C(N1CC(Oc2cc3n[nH]c(F)c3cc2F)C1)N1N=CC[C@H]1c1cc(F)cc(F)c1. The third kappa shape index (κ3) is 3.45. The van der Waals surface area contributed by atoms with Gasteiger partial charge in [0.05, 0.1) is 30.0 Å². The molecule has 0 radical (unpaired) electrons. The zero-order valence-corrected chi connectivity index (χ0v) is 15.9. The smallest absolute Gasteiger partial charge is 0.341 e. The summed E-state index contributed by atoms with van der Waals surface area (Å²) in [7, 11) is 0. The minimum Gasteiger partial charge on any atom is -0.484 e. The van der Waals surface area contributed by atoms with Crippen molar-refractivity contribution in [1.29, 1.82) is 0 Å². The minimum atomic E-state index is -0.741. The normalized spacial score (nSPS) is 18.6.